The highest BCUT2D eigenvalue weighted by atomic mass is 79.9. The van der Waals surface area contributed by atoms with E-state index in [1.54, 1.807) is 13.1 Å². The zero-order valence-electron chi connectivity index (χ0n) is 8.77. The second-order valence-electron chi connectivity index (χ2n) is 3.25. The summed E-state index contributed by atoms with van der Waals surface area (Å²) < 4.78 is 5.94. The van der Waals surface area contributed by atoms with Crippen LogP contribution in [0.3, 0.4) is 0 Å². The first-order chi connectivity index (χ1) is 7.75. The fourth-order valence-electron chi connectivity index (χ4n) is 1.25. The number of pyridine rings is 1. The van der Waals surface area contributed by atoms with Gasteiger partial charge in [-0.15, -0.1) is 0 Å². The minimum atomic E-state index is 0.636. The van der Waals surface area contributed by atoms with E-state index in [1.165, 1.54) is 0 Å². The molecule has 1 N–H and O–H groups in total. The molecule has 0 aromatic carbocycles. The Kier molecular flexibility index (Phi) is 3.51. The lowest BCUT2D eigenvalue weighted by atomic mass is 10.4. The van der Waals surface area contributed by atoms with E-state index >= 15 is 0 Å². The van der Waals surface area contributed by atoms with Gasteiger partial charge in [0.05, 0.1) is 4.47 Å². The van der Waals surface area contributed by atoms with Gasteiger partial charge in [-0.1, -0.05) is 5.16 Å². The topological polar surface area (TPSA) is 63.8 Å². The van der Waals surface area contributed by atoms with Gasteiger partial charge in [-0.05, 0) is 35.0 Å². The molecule has 0 unspecified atom stereocenters. The fraction of sp³-hybridized carbons (Fsp3) is 0.300. The second-order valence-corrected chi connectivity index (χ2v) is 4.10. The molecule has 2 rings (SSSR count). The molecule has 0 atom stereocenters. The lowest BCUT2D eigenvalue weighted by Gasteiger charge is -2.04. The van der Waals surface area contributed by atoms with Crippen molar-refractivity contribution in [1.82, 2.24) is 15.1 Å². The molecule has 0 fully saturated rings. The van der Waals surface area contributed by atoms with Crippen molar-refractivity contribution in [1.29, 1.82) is 0 Å². The molecular weight excluding hydrogens is 272 g/mol. The Hall–Kier alpha value is -1.43. The molecule has 2 heterocycles. The van der Waals surface area contributed by atoms with Crippen molar-refractivity contribution in [3.05, 3.63) is 34.5 Å². The van der Waals surface area contributed by atoms with Gasteiger partial charge in [0.1, 0.15) is 5.82 Å². The number of aryl methyl sites for hydroxylation is 1. The average Bonchev–Trinajstić information content (AvgIpc) is 2.67. The minimum absolute atomic E-state index is 0.636. The normalized spacial score (nSPS) is 10.4. The second kappa shape index (κ2) is 5.07. The zero-order chi connectivity index (χ0) is 11.4. The van der Waals surface area contributed by atoms with Gasteiger partial charge >= 0.3 is 0 Å². The predicted molar refractivity (Wildman–Crippen MR) is 63.2 cm³/mol. The fourth-order valence-corrected chi connectivity index (χ4v) is 1.64. The van der Waals surface area contributed by atoms with Gasteiger partial charge < -0.3 is 9.84 Å². The van der Waals surface area contributed by atoms with Crippen LogP contribution < -0.4 is 5.32 Å². The molecular formula is C10H11BrN4O. The van der Waals surface area contributed by atoms with Crippen LogP contribution in [-0.2, 0) is 6.42 Å². The van der Waals surface area contributed by atoms with Crippen molar-refractivity contribution in [2.75, 3.05) is 11.9 Å². The maximum atomic E-state index is 5.00. The molecule has 0 saturated carbocycles. The smallest absolute Gasteiger partial charge is 0.228 e. The molecule has 2 aromatic rings. The Labute approximate surface area is 101 Å². The highest BCUT2D eigenvalue weighted by Crippen LogP contribution is 2.17. The molecule has 84 valence electrons. The maximum Gasteiger partial charge on any atom is 0.228 e. The maximum absolute atomic E-state index is 5.00. The molecule has 0 spiro atoms. The number of nitrogens with one attached hydrogen (secondary N) is 1. The monoisotopic (exact) mass is 282 g/mol. The van der Waals surface area contributed by atoms with E-state index in [0.717, 1.165) is 10.3 Å². The predicted octanol–water partition coefficient (Wildman–Crippen LogP) is 2.19. The van der Waals surface area contributed by atoms with Crippen LogP contribution in [0.2, 0.25) is 0 Å². The van der Waals surface area contributed by atoms with Crippen LogP contribution in [0.25, 0.3) is 0 Å². The molecule has 0 aliphatic carbocycles. The number of rotatable bonds is 4. The van der Waals surface area contributed by atoms with Crippen molar-refractivity contribution in [3.8, 4) is 0 Å². The molecule has 0 aliphatic heterocycles. The molecule has 0 amide bonds. The van der Waals surface area contributed by atoms with Crippen molar-refractivity contribution in [3.63, 3.8) is 0 Å². The van der Waals surface area contributed by atoms with Crippen LogP contribution in [0.5, 0.6) is 0 Å². The highest BCUT2D eigenvalue weighted by Gasteiger charge is 2.03. The van der Waals surface area contributed by atoms with E-state index in [-0.39, 0.29) is 0 Å². The van der Waals surface area contributed by atoms with E-state index < -0.39 is 0 Å². The summed E-state index contributed by atoms with van der Waals surface area (Å²) in [7, 11) is 0. The zero-order valence-corrected chi connectivity index (χ0v) is 10.4. The summed E-state index contributed by atoms with van der Waals surface area (Å²) in [6, 6.07) is 3.81. The average molecular weight is 283 g/mol. The Morgan fingerprint density at radius 2 is 2.38 bits per heavy atom. The van der Waals surface area contributed by atoms with E-state index in [4.69, 9.17) is 4.52 Å². The number of hydrogen-bond donors (Lipinski definition) is 1. The number of aromatic nitrogens is 3. The van der Waals surface area contributed by atoms with Crippen LogP contribution in [0.1, 0.15) is 11.7 Å². The van der Waals surface area contributed by atoms with Gasteiger partial charge in [-0.3, -0.25) is 0 Å². The lowest BCUT2D eigenvalue weighted by Crippen LogP contribution is -2.06. The molecule has 6 heteroatoms. The summed E-state index contributed by atoms with van der Waals surface area (Å²) in [5, 5.41) is 6.91. The minimum Gasteiger partial charge on any atom is -0.369 e. The quantitative estimate of drug-likeness (QED) is 0.931. The third-order valence-electron chi connectivity index (χ3n) is 1.96. The van der Waals surface area contributed by atoms with Gasteiger partial charge in [0.25, 0.3) is 0 Å². The number of halogens is 1. The van der Waals surface area contributed by atoms with Gasteiger partial charge in [0.2, 0.25) is 5.89 Å². The molecule has 0 aliphatic rings. The molecule has 0 radical (unpaired) electrons. The van der Waals surface area contributed by atoms with Crippen molar-refractivity contribution in [2.24, 2.45) is 0 Å². The summed E-state index contributed by atoms with van der Waals surface area (Å²) in [5.74, 6) is 2.12. The third kappa shape index (κ3) is 2.79. The summed E-state index contributed by atoms with van der Waals surface area (Å²) in [6.07, 6.45) is 2.42. The Balaban J connectivity index is 1.87. The SMILES string of the molecule is Cc1noc(CCNc2ncccc2Br)n1. The number of nitrogens with zero attached hydrogens (tertiary/aromatic N) is 3. The van der Waals surface area contributed by atoms with Crippen molar-refractivity contribution in [2.45, 2.75) is 13.3 Å². The van der Waals surface area contributed by atoms with Crippen LogP contribution >= 0.6 is 15.9 Å². The summed E-state index contributed by atoms with van der Waals surface area (Å²) in [4.78, 5) is 8.30. The molecule has 16 heavy (non-hydrogen) atoms. The van der Waals surface area contributed by atoms with Gasteiger partial charge in [0.15, 0.2) is 5.82 Å². The third-order valence-corrected chi connectivity index (χ3v) is 2.60. The first-order valence-corrected chi connectivity index (χ1v) is 5.68. The summed E-state index contributed by atoms with van der Waals surface area (Å²) in [6.45, 7) is 2.51. The Bertz CT molecular complexity index is 471. The number of hydrogen-bond acceptors (Lipinski definition) is 5. The van der Waals surface area contributed by atoms with E-state index in [1.807, 2.05) is 12.1 Å². The first kappa shape index (κ1) is 11.1. The van der Waals surface area contributed by atoms with E-state index in [2.05, 4.69) is 36.4 Å². The van der Waals surface area contributed by atoms with E-state index in [9.17, 15) is 0 Å². The standard InChI is InChI=1S/C10H11BrN4O/c1-7-14-9(16-15-7)4-6-13-10-8(11)3-2-5-12-10/h2-3,5H,4,6H2,1H3,(H,12,13). The summed E-state index contributed by atoms with van der Waals surface area (Å²) >= 11 is 3.41. The molecule has 0 saturated heterocycles. The van der Waals surface area contributed by atoms with Gasteiger partial charge in [-0.2, -0.15) is 4.98 Å². The molecule has 2 aromatic heterocycles. The van der Waals surface area contributed by atoms with E-state index in [0.29, 0.717) is 24.7 Å². The van der Waals surface area contributed by atoms with Crippen molar-refractivity contribution < 1.29 is 4.52 Å². The highest BCUT2D eigenvalue weighted by molar-refractivity contribution is 9.10. The van der Waals surface area contributed by atoms with Crippen LogP contribution in [0, 0.1) is 6.92 Å². The summed E-state index contributed by atoms with van der Waals surface area (Å²) in [5.41, 5.74) is 0. The van der Waals surface area contributed by atoms with Gasteiger partial charge in [-0.25, -0.2) is 4.98 Å². The Morgan fingerprint density at radius 1 is 1.50 bits per heavy atom. The lowest BCUT2D eigenvalue weighted by molar-refractivity contribution is 0.377. The first-order valence-electron chi connectivity index (χ1n) is 4.89. The van der Waals surface area contributed by atoms with Crippen LogP contribution in [0.4, 0.5) is 5.82 Å². The Morgan fingerprint density at radius 3 is 3.06 bits per heavy atom. The molecule has 0 bridgehead atoms. The van der Waals surface area contributed by atoms with Crippen LogP contribution in [0.15, 0.2) is 27.3 Å². The van der Waals surface area contributed by atoms with Gasteiger partial charge in [0, 0.05) is 19.2 Å². The van der Waals surface area contributed by atoms with Crippen molar-refractivity contribution >= 4 is 21.7 Å². The number of anilines is 1. The molecule has 5 nitrogen and oxygen atoms in total. The van der Waals surface area contributed by atoms with Crippen LogP contribution in [-0.4, -0.2) is 21.7 Å². The largest absolute Gasteiger partial charge is 0.369 e.